The quantitative estimate of drug-likeness (QED) is 0.208. The van der Waals surface area contributed by atoms with Crippen LogP contribution < -0.4 is 0 Å². The molecule has 1 unspecified atom stereocenters. The zero-order valence-corrected chi connectivity index (χ0v) is 20.0. The lowest BCUT2D eigenvalue weighted by atomic mass is 9.83. The zero-order valence-electron chi connectivity index (χ0n) is 15.6. The van der Waals surface area contributed by atoms with E-state index in [1.165, 1.54) is 0 Å². The van der Waals surface area contributed by atoms with Crippen molar-refractivity contribution in [2.75, 3.05) is 0 Å². The van der Waals surface area contributed by atoms with E-state index in [4.69, 9.17) is 17.2 Å². The van der Waals surface area contributed by atoms with Crippen LogP contribution in [0.15, 0.2) is 0 Å². The van der Waals surface area contributed by atoms with Crippen molar-refractivity contribution in [2.24, 2.45) is 10.8 Å². The van der Waals surface area contributed by atoms with Crippen LogP contribution in [0.5, 0.6) is 0 Å². The monoisotopic (exact) mass is 416 g/mol. The second-order valence-electron chi connectivity index (χ2n) is 8.86. The predicted molar refractivity (Wildman–Crippen MR) is 116 cm³/mol. The first-order chi connectivity index (χ1) is 10.0. The average molecular weight is 417 g/mol. The molecule has 0 aromatic heterocycles. The van der Waals surface area contributed by atoms with E-state index in [1.54, 1.807) is 0 Å². The molecule has 0 aliphatic carbocycles. The molecule has 0 saturated heterocycles. The molecule has 0 N–H and O–H groups in total. The highest BCUT2D eigenvalue weighted by molar-refractivity contribution is 8.11. The lowest BCUT2D eigenvalue weighted by Crippen LogP contribution is -2.37. The topological polar surface area (TPSA) is 26.3 Å². The normalized spacial score (nSPS) is 16.2. The standard InChI is InChI=1S/C16H33O2PS4/c1-13(2,11(20)21)10-16(7,8)23-12(22)14(3,4)9-15(5,6)18-19-17/h11-12,20-22H,9-10H2,1-8H3. The van der Waals surface area contributed by atoms with Gasteiger partial charge in [-0.3, -0.25) is 4.52 Å². The molecule has 0 radical (unpaired) electrons. The lowest BCUT2D eigenvalue weighted by Gasteiger charge is -2.42. The molecule has 0 heterocycles. The maximum Gasteiger partial charge on any atom is 0.327 e. The Bertz CT molecular complexity index is 396. The largest absolute Gasteiger partial charge is 0.327 e. The lowest BCUT2D eigenvalue weighted by molar-refractivity contribution is 0.0751. The van der Waals surface area contributed by atoms with Gasteiger partial charge >= 0.3 is 8.69 Å². The van der Waals surface area contributed by atoms with Gasteiger partial charge in [-0.05, 0) is 37.5 Å². The highest BCUT2D eigenvalue weighted by Gasteiger charge is 2.40. The van der Waals surface area contributed by atoms with Gasteiger partial charge < -0.3 is 0 Å². The molecule has 0 aromatic rings. The fraction of sp³-hybridized carbons (Fsp3) is 1.00. The molecule has 138 valence electrons. The molecular weight excluding hydrogens is 383 g/mol. The van der Waals surface area contributed by atoms with Crippen molar-refractivity contribution in [3.8, 4) is 0 Å². The van der Waals surface area contributed by atoms with Crippen LogP contribution >= 0.6 is 58.3 Å². The van der Waals surface area contributed by atoms with Gasteiger partial charge in [0, 0.05) is 9.33 Å². The number of thiol groups is 3. The fourth-order valence-electron chi connectivity index (χ4n) is 3.01. The Hall–Kier alpha value is 1.46. The predicted octanol–water partition coefficient (Wildman–Crippen LogP) is 6.77. The van der Waals surface area contributed by atoms with Crippen LogP contribution in [0.2, 0.25) is 0 Å². The number of rotatable bonds is 10. The second kappa shape index (κ2) is 8.90. The molecule has 0 aromatic carbocycles. The van der Waals surface area contributed by atoms with Crippen LogP contribution in [0.3, 0.4) is 0 Å². The highest BCUT2D eigenvalue weighted by Crippen LogP contribution is 2.49. The molecule has 0 fully saturated rings. The minimum Gasteiger partial charge on any atom is -0.288 e. The molecule has 0 bridgehead atoms. The minimum atomic E-state index is -0.445. The molecule has 1 atom stereocenters. The van der Waals surface area contributed by atoms with Gasteiger partial charge in [0.1, 0.15) is 0 Å². The Morgan fingerprint density at radius 3 is 1.78 bits per heavy atom. The van der Waals surface area contributed by atoms with Gasteiger partial charge in [0.15, 0.2) is 0 Å². The molecule has 2 nitrogen and oxygen atoms in total. The van der Waals surface area contributed by atoms with Gasteiger partial charge in [-0.25, -0.2) is 4.57 Å². The summed E-state index contributed by atoms with van der Waals surface area (Å²) in [7, 11) is -0.272. The summed E-state index contributed by atoms with van der Waals surface area (Å²) in [5, 5.41) is 0. The van der Waals surface area contributed by atoms with Crippen molar-refractivity contribution in [3.63, 3.8) is 0 Å². The average Bonchev–Trinajstić information content (AvgIpc) is 2.24. The fourth-order valence-corrected chi connectivity index (χ4v) is 5.87. The number of thioether (sulfide) groups is 1. The van der Waals surface area contributed by atoms with Crippen molar-refractivity contribution in [1.82, 2.24) is 0 Å². The van der Waals surface area contributed by atoms with E-state index in [0.29, 0.717) is 0 Å². The van der Waals surface area contributed by atoms with Crippen LogP contribution in [0.25, 0.3) is 0 Å². The van der Waals surface area contributed by atoms with Gasteiger partial charge in [0.2, 0.25) is 0 Å². The van der Waals surface area contributed by atoms with Crippen molar-refractivity contribution in [1.29, 1.82) is 0 Å². The van der Waals surface area contributed by atoms with Crippen molar-refractivity contribution in [2.45, 2.75) is 87.7 Å². The summed E-state index contributed by atoms with van der Waals surface area (Å²) in [5.74, 6) is 0. The van der Waals surface area contributed by atoms with E-state index < -0.39 is 5.60 Å². The highest BCUT2D eigenvalue weighted by atomic mass is 32.2. The second-order valence-corrected chi connectivity index (χ2v) is 13.3. The van der Waals surface area contributed by atoms with Crippen molar-refractivity contribution in [3.05, 3.63) is 0 Å². The minimum absolute atomic E-state index is 0.0319. The first kappa shape index (κ1) is 24.5. The summed E-state index contributed by atoms with van der Waals surface area (Å²) in [5.41, 5.74) is -0.478. The summed E-state index contributed by atoms with van der Waals surface area (Å²) in [6.07, 6.45) is 1.77. The van der Waals surface area contributed by atoms with E-state index in [-0.39, 0.29) is 33.4 Å². The Kier molecular flexibility index (Phi) is 9.47. The van der Waals surface area contributed by atoms with Gasteiger partial charge in [-0.15, -0.1) is 11.8 Å². The molecule has 7 heteroatoms. The molecule has 0 aliphatic rings. The summed E-state index contributed by atoms with van der Waals surface area (Å²) in [6, 6.07) is 0. The van der Waals surface area contributed by atoms with Crippen LogP contribution in [0, 0.1) is 10.8 Å². The molecule has 23 heavy (non-hydrogen) atoms. The summed E-state index contributed by atoms with van der Waals surface area (Å²) < 4.78 is 16.3. The van der Waals surface area contributed by atoms with E-state index in [2.05, 4.69) is 66.8 Å². The summed E-state index contributed by atoms with van der Waals surface area (Å²) >= 11 is 15.8. The van der Waals surface area contributed by atoms with Crippen molar-refractivity contribution < 1.29 is 9.09 Å². The Morgan fingerprint density at radius 2 is 1.39 bits per heavy atom. The van der Waals surface area contributed by atoms with E-state index in [1.807, 2.05) is 25.6 Å². The first-order valence-electron chi connectivity index (χ1n) is 7.78. The Balaban J connectivity index is 4.95. The molecule has 0 rings (SSSR count). The van der Waals surface area contributed by atoms with Gasteiger partial charge in [0.25, 0.3) is 0 Å². The van der Waals surface area contributed by atoms with Gasteiger partial charge in [-0.2, -0.15) is 37.9 Å². The molecule has 0 aliphatic heterocycles. The van der Waals surface area contributed by atoms with Crippen LogP contribution in [-0.4, -0.2) is 19.5 Å². The molecule has 0 saturated carbocycles. The van der Waals surface area contributed by atoms with Crippen LogP contribution in [0.1, 0.15) is 68.2 Å². The van der Waals surface area contributed by atoms with Crippen LogP contribution in [0.4, 0.5) is 0 Å². The first-order valence-corrected chi connectivity index (χ1v) is 10.9. The Morgan fingerprint density at radius 1 is 0.913 bits per heavy atom. The smallest absolute Gasteiger partial charge is 0.288 e. The third-order valence-corrected chi connectivity index (χ3v) is 8.47. The van der Waals surface area contributed by atoms with Crippen molar-refractivity contribution >= 4 is 58.3 Å². The SMILES string of the molecule is CC(C)(CC(C)(C)C(S)SC(C)(C)CC(C)(C)C(S)S)OP=O. The molecule has 0 spiro atoms. The number of hydrogen-bond donors (Lipinski definition) is 3. The molecular formula is C16H33O2PS4. The van der Waals surface area contributed by atoms with E-state index in [0.717, 1.165) is 12.8 Å². The maximum absolute atomic E-state index is 10.8. The zero-order chi connectivity index (χ0) is 18.7. The van der Waals surface area contributed by atoms with Crippen LogP contribution in [-0.2, 0) is 9.09 Å². The summed E-state index contributed by atoms with van der Waals surface area (Å²) in [4.78, 5) is 0. The molecule has 0 amide bonds. The third-order valence-electron chi connectivity index (χ3n) is 3.85. The van der Waals surface area contributed by atoms with E-state index in [9.17, 15) is 4.57 Å². The third kappa shape index (κ3) is 9.10. The summed E-state index contributed by atoms with van der Waals surface area (Å²) in [6.45, 7) is 17.2. The Labute approximate surface area is 165 Å². The maximum atomic E-state index is 10.8. The van der Waals surface area contributed by atoms with Gasteiger partial charge in [0.05, 0.1) is 10.2 Å². The number of hydrogen-bond acceptors (Lipinski definition) is 6. The van der Waals surface area contributed by atoms with Gasteiger partial charge in [-0.1, -0.05) is 41.5 Å². The van der Waals surface area contributed by atoms with E-state index >= 15 is 0 Å².